The molecule has 0 saturated carbocycles. The van der Waals surface area contributed by atoms with E-state index < -0.39 is 0 Å². The molecule has 0 atom stereocenters. The minimum atomic E-state index is -0.254. The number of aliphatic hydroxyl groups is 2. The van der Waals surface area contributed by atoms with E-state index in [0.29, 0.717) is 17.3 Å². The number of nitrogens with zero attached hydrogens (tertiary/aromatic N) is 1. The van der Waals surface area contributed by atoms with Crippen molar-refractivity contribution in [2.75, 3.05) is 0 Å². The maximum Gasteiger partial charge on any atom is 0.226 e. The Morgan fingerprint density at radius 1 is 1.07 bits per heavy atom. The molecular weight excluding hydrogens is 194 g/mol. The first kappa shape index (κ1) is 9.89. The summed E-state index contributed by atoms with van der Waals surface area (Å²) in [6.07, 6.45) is 0. The van der Waals surface area contributed by atoms with Gasteiger partial charge in [0.1, 0.15) is 12.3 Å². The van der Waals surface area contributed by atoms with Gasteiger partial charge in [-0.05, 0) is 12.1 Å². The Bertz CT molecular complexity index is 415. The van der Waals surface area contributed by atoms with Gasteiger partial charge in [0, 0.05) is 5.56 Å². The van der Waals surface area contributed by atoms with Crippen molar-refractivity contribution in [3.05, 3.63) is 41.8 Å². The van der Waals surface area contributed by atoms with Crippen molar-refractivity contribution in [3.8, 4) is 11.5 Å². The Hall–Kier alpha value is -1.65. The third-order valence-electron chi connectivity index (χ3n) is 2.09. The van der Waals surface area contributed by atoms with Crippen molar-refractivity contribution in [1.82, 2.24) is 4.98 Å². The van der Waals surface area contributed by atoms with Crippen molar-refractivity contribution in [2.45, 2.75) is 13.2 Å². The second-order valence-electron chi connectivity index (χ2n) is 3.07. The third-order valence-corrected chi connectivity index (χ3v) is 2.09. The molecule has 4 nitrogen and oxygen atoms in total. The van der Waals surface area contributed by atoms with Crippen LogP contribution in [0.2, 0.25) is 0 Å². The van der Waals surface area contributed by atoms with Gasteiger partial charge in [0.15, 0.2) is 5.76 Å². The van der Waals surface area contributed by atoms with E-state index in [1.54, 1.807) is 0 Å². The van der Waals surface area contributed by atoms with Gasteiger partial charge in [-0.25, -0.2) is 4.98 Å². The van der Waals surface area contributed by atoms with Crippen LogP contribution in [0.15, 0.2) is 34.7 Å². The molecule has 2 rings (SSSR count). The molecule has 0 unspecified atom stereocenters. The molecule has 0 fully saturated rings. The van der Waals surface area contributed by atoms with E-state index in [4.69, 9.17) is 14.6 Å². The molecule has 78 valence electrons. The van der Waals surface area contributed by atoms with Crippen LogP contribution in [-0.2, 0) is 13.2 Å². The van der Waals surface area contributed by atoms with E-state index in [0.717, 1.165) is 5.56 Å². The van der Waals surface area contributed by atoms with Crippen LogP contribution in [0.4, 0.5) is 0 Å². The maximum atomic E-state index is 8.98. The summed E-state index contributed by atoms with van der Waals surface area (Å²) in [4.78, 5) is 4.09. The smallest absolute Gasteiger partial charge is 0.226 e. The van der Waals surface area contributed by atoms with E-state index in [9.17, 15) is 0 Å². The van der Waals surface area contributed by atoms with Gasteiger partial charge in [-0.3, -0.25) is 0 Å². The molecular formula is C11H11NO3. The Morgan fingerprint density at radius 3 is 2.33 bits per heavy atom. The first-order chi connectivity index (χ1) is 7.35. The van der Waals surface area contributed by atoms with Crippen LogP contribution in [0, 0.1) is 0 Å². The zero-order valence-corrected chi connectivity index (χ0v) is 8.05. The Labute approximate surface area is 86.8 Å². The fourth-order valence-electron chi connectivity index (χ4n) is 1.33. The van der Waals surface area contributed by atoms with Crippen LogP contribution in [0.3, 0.4) is 0 Å². The lowest BCUT2D eigenvalue weighted by Crippen LogP contribution is -1.89. The predicted octanol–water partition coefficient (Wildman–Crippen LogP) is 1.33. The molecule has 2 N–H and O–H groups in total. The highest BCUT2D eigenvalue weighted by molar-refractivity contribution is 5.53. The Kier molecular flexibility index (Phi) is 2.80. The zero-order chi connectivity index (χ0) is 10.7. The summed E-state index contributed by atoms with van der Waals surface area (Å²) in [5.74, 6) is 0.736. The highest BCUT2D eigenvalue weighted by atomic mass is 16.4. The second-order valence-corrected chi connectivity index (χ2v) is 3.07. The molecule has 1 aromatic carbocycles. The van der Waals surface area contributed by atoms with Crippen molar-refractivity contribution < 1.29 is 14.6 Å². The molecule has 0 radical (unpaired) electrons. The summed E-state index contributed by atoms with van der Waals surface area (Å²) in [7, 11) is 0. The van der Waals surface area contributed by atoms with E-state index in [-0.39, 0.29) is 13.2 Å². The molecule has 0 aliphatic carbocycles. The van der Waals surface area contributed by atoms with Crippen LogP contribution in [0.5, 0.6) is 0 Å². The molecule has 0 aliphatic heterocycles. The highest BCUT2D eigenvalue weighted by Crippen LogP contribution is 2.21. The first-order valence-electron chi connectivity index (χ1n) is 4.61. The van der Waals surface area contributed by atoms with Gasteiger partial charge < -0.3 is 14.6 Å². The topological polar surface area (TPSA) is 66.5 Å². The van der Waals surface area contributed by atoms with Gasteiger partial charge in [-0.15, -0.1) is 0 Å². The second kappa shape index (κ2) is 4.25. The Balaban J connectivity index is 2.42. The largest absolute Gasteiger partial charge is 0.438 e. The van der Waals surface area contributed by atoms with Crippen molar-refractivity contribution in [3.63, 3.8) is 0 Å². The number of aliphatic hydroxyl groups excluding tert-OH is 2. The van der Waals surface area contributed by atoms with Gasteiger partial charge in [0.05, 0.1) is 6.61 Å². The summed E-state index contributed by atoms with van der Waals surface area (Å²) in [5.41, 5.74) is 1.21. The van der Waals surface area contributed by atoms with Crippen molar-refractivity contribution >= 4 is 0 Å². The van der Waals surface area contributed by atoms with Gasteiger partial charge in [0.2, 0.25) is 5.89 Å². The standard InChI is InChI=1S/C11H11NO3/c13-6-9-10(7-14)15-11(12-9)8-4-2-1-3-5-8/h1-5,13-14H,6-7H2. The van der Waals surface area contributed by atoms with Crippen LogP contribution in [-0.4, -0.2) is 15.2 Å². The molecule has 0 spiro atoms. The van der Waals surface area contributed by atoms with Crippen molar-refractivity contribution in [1.29, 1.82) is 0 Å². The van der Waals surface area contributed by atoms with Gasteiger partial charge in [-0.1, -0.05) is 18.2 Å². The molecule has 2 aromatic rings. The quantitative estimate of drug-likeness (QED) is 0.793. The molecule has 0 aliphatic rings. The van der Waals surface area contributed by atoms with E-state index >= 15 is 0 Å². The lowest BCUT2D eigenvalue weighted by molar-refractivity contribution is 0.233. The number of oxazole rings is 1. The van der Waals surface area contributed by atoms with Gasteiger partial charge >= 0.3 is 0 Å². The normalized spacial score (nSPS) is 10.5. The number of aromatic nitrogens is 1. The van der Waals surface area contributed by atoms with E-state index in [1.807, 2.05) is 30.3 Å². The number of rotatable bonds is 3. The molecule has 0 saturated heterocycles. The molecule has 1 heterocycles. The third kappa shape index (κ3) is 1.91. The summed E-state index contributed by atoms with van der Waals surface area (Å²) >= 11 is 0. The number of hydrogen-bond acceptors (Lipinski definition) is 4. The minimum Gasteiger partial charge on any atom is -0.438 e. The highest BCUT2D eigenvalue weighted by Gasteiger charge is 2.12. The van der Waals surface area contributed by atoms with Crippen LogP contribution in [0.1, 0.15) is 11.5 Å². The summed E-state index contributed by atoms with van der Waals surface area (Å²) in [6, 6.07) is 9.35. The molecule has 0 amide bonds. The number of benzene rings is 1. The van der Waals surface area contributed by atoms with E-state index in [2.05, 4.69) is 4.98 Å². The summed E-state index contributed by atoms with van der Waals surface area (Å²) < 4.78 is 5.32. The SMILES string of the molecule is OCc1nc(-c2ccccc2)oc1CO. The van der Waals surface area contributed by atoms with Crippen molar-refractivity contribution in [2.24, 2.45) is 0 Å². The zero-order valence-electron chi connectivity index (χ0n) is 8.05. The molecule has 0 bridgehead atoms. The van der Waals surface area contributed by atoms with E-state index in [1.165, 1.54) is 0 Å². The lowest BCUT2D eigenvalue weighted by Gasteiger charge is -1.92. The monoisotopic (exact) mass is 205 g/mol. The summed E-state index contributed by atoms with van der Waals surface area (Å²) in [6.45, 7) is -0.484. The van der Waals surface area contributed by atoms with Crippen LogP contribution >= 0.6 is 0 Å². The lowest BCUT2D eigenvalue weighted by atomic mass is 10.2. The first-order valence-corrected chi connectivity index (χ1v) is 4.61. The molecule has 4 heteroatoms. The predicted molar refractivity (Wildman–Crippen MR) is 53.8 cm³/mol. The minimum absolute atomic E-state index is 0.230. The van der Waals surface area contributed by atoms with Gasteiger partial charge in [0.25, 0.3) is 0 Å². The fraction of sp³-hybridized carbons (Fsp3) is 0.182. The van der Waals surface area contributed by atoms with Crippen LogP contribution < -0.4 is 0 Å². The molecule has 15 heavy (non-hydrogen) atoms. The van der Waals surface area contributed by atoms with Gasteiger partial charge in [-0.2, -0.15) is 0 Å². The summed E-state index contributed by atoms with van der Waals surface area (Å²) in [5, 5.41) is 17.9. The average molecular weight is 205 g/mol. The fourth-order valence-corrected chi connectivity index (χ4v) is 1.33. The van der Waals surface area contributed by atoms with Crippen LogP contribution in [0.25, 0.3) is 11.5 Å². The maximum absolute atomic E-state index is 8.98. The molecule has 1 aromatic heterocycles. The number of hydrogen-bond donors (Lipinski definition) is 2. The Morgan fingerprint density at radius 2 is 1.80 bits per heavy atom. The average Bonchev–Trinajstić information content (AvgIpc) is 2.73.